The zero-order valence-electron chi connectivity index (χ0n) is 14.7. The Bertz CT molecular complexity index is 1020. The normalized spacial score (nSPS) is 27.4. The van der Waals surface area contributed by atoms with Crippen molar-refractivity contribution in [2.45, 2.75) is 6.42 Å². The van der Waals surface area contributed by atoms with Gasteiger partial charge in [0.25, 0.3) is 0 Å². The van der Waals surface area contributed by atoms with Crippen molar-refractivity contribution in [2.75, 3.05) is 4.90 Å². The number of fused-ring (bicyclic) bond motifs is 5. The second kappa shape index (κ2) is 6.31. The number of anilines is 1. The van der Waals surface area contributed by atoms with Gasteiger partial charge in [-0.3, -0.25) is 9.59 Å². The Hall–Kier alpha value is -2.92. The van der Waals surface area contributed by atoms with Crippen LogP contribution in [0.25, 0.3) is 0 Å². The number of carbonyl (C=O) groups excluding carboxylic acids is 3. The van der Waals surface area contributed by atoms with Crippen molar-refractivity contribution in [3.8, 4) is 5.75 Å². The van der Waals surface area contributed by atoms with Crippen molar-refractivity contribution in [1.82, 2.24) is 0 Å². The van der Waals surface area contributed by atoms with Gasteiger partial charge in [0.05, 0.1) is 28.1 Å². The van der Waals surface area contributed by atoms with Crippen molar-refractivity contribution >= 4 is 35.1 Å². The predicted octanol–water partition coefficient (Wildman–Crippen LogP) is 3.87. The zero-order chi connectivity index (χ0) is 19.4. The highest BCUT2D eigenvalue weighted by molar-refractivity contribution is 6.32. The van der Waals surface area contributed by atoms with Crippen LogP contribution in [0.3, 0.4) is 0 Å². The largest absolute Gasteiger partial charge is 0.421 e. The number of benzene rings is 2. The number of hydrogen-bond acceptors (Lipinski definition) is 4. The number of rotatable bonds is 3. The maximum atomic E-state index is 12.9. The Balaban J connectivity index is 1.42. The Morgan fingerprint density at radius 2 is 1.64 bits per heavy atom. The van der Waals surface area contributed by atoms with Gasteiger partial charge in [0, 0.05) is 0 Å². The van der Waals surface area contributed by atoms with Crippen LogP contribution in [0.2, 0.25) is 5.02 Å². The molecule has 2 bridgehead atoms. The lowest BCUT2D eigenvalue weighted by Gasteiger charge is -2.18. The van der Waals surface area contributed by atoms with E-state index in [0.717, 1.165) is 6.42 Å². The summed E-state index contributed by atoms with van der Waals surface area (Å²) >= 11 is 6.04. The molecular weight excluding hydrogens is 378 g/mol. The number of allylic oxidation sites excluding steroid dienone is 2. The smallest absolute Gasteiger partial charge is 0.343 e. The number of nitrogens with zero attached hydrogens (tertiary/aromatic N) is 1. The van der Waals surface area contributed by atoms with E-state index in [2.05, 4.69) is 12.2 Å². The molecule has 0 unspecified atom stereocenters. The van der Waals surface area contributed by atoms with E-state index in [1.54, 1.807) is 42.5 Å². The molecule has 0 spiro atoms. The molecule has 4 atom stereocenters. The molecule has 0 radical (unpaired) electrons. The van der Waals surface area contributed by atoms with Crippen molar-refractivity contribution in [3.05, 3.63) is 71.3 Å². The fraction of sp³-hybridized carbons (Fsp3) is 0.227. The van der Waals surface area contributed by atoms with Crippen LogP contribution in [0.1, 0.15) is 16.8 Å². The first-order valence-electron chi connectivity index (χ1n) is 9.17. The van der Waals surface area contributed by atoms with Crippen LogP contribution in [-0.2, 0) is 9.59 Å². The average Bonchev–Trinajstić information content (AvgIpc) is 3.37. The summed E-state index contributed by atoms with van der Waals surface area (Å²) in [5.74, 6) is -0.967. The molecule has 2 fully saturated rings. The third-order valence-electron chi connectivity index (χ3n) is 5.85. The SMILES string of the molecule is O=C(Oc1ccccc1Cl)c1cccc(N2C(=O)[C@@H]3[C@@H](C2=O)[C@H]2C=C[C@H]3C2)c1. The molecule has 1 saturated carbocycles. The highest BCUT2D eigenvalue weighted by Gasteiger charge is 2.59. The quantitative estimate of drug-likeness (QED) is 0.343. The minimum atomic E-state index is -0.601. The molecule has 5 nitrogen and oxygen atoms in total. The molecule has 2 aromatic rings. The first kappa shape index (κ1) is 17.2. The minimum Gasteiger partial charge on any atom is -0.421 e. The molecular formula is C22H16ClNO4. The number of imide groups is 1. The summed E-state index contributed by atoms with van der Waals surface area (Å²) in [7, 11) is 0. The Morgan fingerprint density at radius 1 is 0.964 bits per heavy atom. The van der Waals surface area contributed by atoms with Gasteiger partial charge in [-0.2, -0.15) is 0 Å². The molecule has 28 heavy (non-hydrogen) atoms. The molecule has 1 aliphatic heterocycles. The van der Waals surface area contributed by atoms with Crippen LogP contribution < -0.4 is 9.64 Å². The summed E-state index contributed by atoms with van der Waals surface area (Å²) in [6.45, 7) is 0. The molecule has 2 amide bonds. The van der Waals surface area contributed by atoms with Crippen LogP contribution in [0.15, 0.2) is 60.7 Å². The number of esters is 1. The van der Waals surface area contributed by atoms with Gasteiger partial charge in [-0.15, -0.1) is 0 Å². The molecule has 0 aromatic heterocycles. The summed E-state index contributed by atoms with van der Waals surface area (Å²) in [5, 5.41) is 0.327. The molecule has 140 valence electrons. The number of halogens is 1. The van der Waals surface area contributed by atoms with Crippen LogP contribution in [0.4, 0.5) is 5.69 Å². The van der Waals surface area contributed by atoms with E-state index in [4.69, 9.17) is 16.3 Å². The van der Waals surface area contributed by atoms with Gasteiger partial charge >= 0.3 is 5.97 Å². The van der Waals surface area contributed by atoms with E-state index in [0.29, 0.717) is 10.7 Å². The maximum Gasteiger partial charge on any atom is 0.343 e. The second-order valence-corrected chi connectivity index (χ2v) is 7.79. The van der Waals surface area contributed by atoms with E-state index < -0.39 is 5.97 Å². The van der Waals surface area contributed by atoms with Gasteiger partial charge in [-0.1, -0.05) is 42.0 Å². The molecule has 5 rings (SSSR count). The molecule has 0 N–H and O–H groups in total. The number of para-hydroxylation sites is 1. The average molecular weight is 394 g/mol. The lowest BCUT2D eigenvalue weighted by molar-refractivity contribution is -0.123. The van der Waals surface area contributed by atoms with Gasteiger partial charge in [0.2, 0.25) is 11.8 Å². The van der Waals surface area contributed by atoms with Gasteiger partial charge < -0.3 is 4.74 Å². The lowest BCUT2D eigenvalue weighted by atomic mass is 9.85. The minimum absolute atomic E-state index is 0.143. The molecule has 1 heterocycles. The monoisotopic (exact) mass is 393 g/mol. The van der Waals surface area contributed by atoms with Crippen LogP contribution >= 0.6 is 11.6 Å². The van der Waals surface area contributed by atoms with E-state index in [1.165, 1.54) is 11.0 Å². The van der Waals surface area contributed by atoms with Crippen molar-refractivity contribution in [1.29, 1.82) is 0 Å². The van der Waals surface area contributed by atoms with Crippen LogP contribution in [-0.4, -0.2) is 17.8 Å². The summed E-state index contributed by atoms with van der Waals surface area (Å²) in [6, 6.07) is 13.1. The summed E-state index contributed by atoms with van der Waals surface area (Å²) in [5.41, 5.74) is 0.647. The fourth-order valence-corrected chi connectivity index (χ4v) is 4.79. The maximum absolute atomic E-state index is 12.9. The summed E-state index contributed by atoms with van der Waals surface area (Å²) in [6.07, 6.45) is 4.99. The van der Waals surface area contributed by atoms with Gasteiger partial charge in [0.1, 0.15) is 5.75 Å². The first-order valence-corrected chi connectivity index (χ1v) is 9.55. The predicted molar refractivity (Wildman–Crippen MR) is 103 cm³/mol. The topological polar surface area (TPSA) is 63.7 Å². The first-order chi connectivity index (χ1) is 13.5. The Morgan fingerprint density at radius 3 is 2.32 bits per heavy atom. The highest BCUT2D eigenvalue weighted by atomic mass is 35.5. The van der Waals surface area contributed by atoms with Crippen molar-refractivity contribution in [3.63, 3.8) is 0 Å². The van der Waals surface area contributed by atoms with Gasteiger partial charge in [0.15, 0.2) is 0 Å². The second-order valence-electron chi connectivity index (χ2n) is 7.38. The number of carbonyl (C=O) groups is 3. The van der Waals surface area contributed by atoms with E-state index >= 15 is 0 Å². The Kier molecular flexibility index (Phi) is 3.88. The van der Waals surface area contributed by atoms with E-state index in [-0.39, 0.29) is 46.8 Å². The van der Waals surface area contributed by atoms with Crippen LogP contribution in [0, 0.1) is 23.7 Å². The van der Waals surface area contributed by atoms with Crippen molar-refractivity contribution < 1.29 is 19.1 Å². The van der Waals surface area contributed by atoms with Crippen LogP contribution in [0.5, 0.6) is 5.75 Å². The summed E-state index contributed by atoms with van der Waals surface area (Å²) < 4.78 is 5.35. The number of ether oxygens (including phenoxy) is 1. The number of amides is 2. The van der Waals surface area contributed by atoms with E-state index in [1.807, 2.05) is 0 Å². The van der Waals surface area contributed by atoms with Crippen molar-refractivity contribution in [2.24, 2.45) is 23.7 Å². The third kappa shape index (κ3) is 2.50. The van der Waals surface area contributed by atoms with Gasteiger partial charge in [-0.25, -0.2) is 9.69 Å². The zero-order valence-corrected chi connectivity index (χ0v) is 15.5. The fourth-order valence-electron chi connectivity index (χ4n) is 4.62. The number of hydrogen-bond donors (Lipinski definition) is 0. The third-order valence-corrected chi connectivity index (χ3v) is 6.16. The molecule has 2 aromatic carbocycles. The standard InChI is InChI=1S/C22H16ClNO4/c23-16-6-1-2-7-17(16)28-22(27)14-4-3-5-15(11-14)24-20(25)18-12-8-9-13(10-12)19(18)21(24)26/h1-9,11-13,18-19H,10H2/t12-,13-,18-,19-/m0/s1. The molecule has 2 aliphatic carbocycles. The highest BCUT2D eigenvalue weighted by Crippen LogP contribution is 2.53. The summed E-state index contributed by atoms with van der Waals surface area (Å²) in [4.78, 5) is 39.6. The molecule has 1 saturated heterocycles. The van der Waals surface area contributed by atoms with E-state index in [9.17, 15) is 14.4 Å². The molecule has 6 heteroatoms. The Labute approximate surface area is 166 Å². The molecule has 3 aliphatic rings. The van der Waals surface area contributed by atoms with Gasteiger partial charge in [-0.05, 0) is 48.6 Å². The lowest BCUT2D eigenvalue weighted by Crippen LogP contribution is -2.33.